The van der Waals surface area contributed by atoms with E-state index in [-0.39, 0.29) is 24.4 Å². The molecule has 2 aromatic rings. The summed E-state index contributed by atoms with van der Waals surface area (Å²) in [6.45, 7) is 2.44. The van der Waals surface area contributed by atoms with Crippen molar-refractivity contribution in [2.75, 3.05) is 13.7 Å². The van der Waals surface area contributed by atoms with Gasteiger partial charge in [-0.25, -0.2) is 0 Å². The van der Waals surface area contributed by atoms with E-state index in [0.29, 0.717) is 13.2 Å². The van der Waals surface area contributed by atoms with Gasteiger partial charge in [0.15, 0.2) is 0 Å². The van der Waals surface area contributed by atoms with E-state index in [1.807, 2.05) is 54.6 Å². The number of rotatable bonds is 8. The van der Waals surface area contributed by atoms with E-state index in [0.717, 1.165) is 16.9 Å². The van der Waals surface area contributed by atoms with Crippen LogP contribution >= 0.6 is 12.4 Å². The number of amides is 1. The molecule has 0 radical (unpaired) electrons. The Morgan fingerprint density at radius 1 is 1.16 bits per heavy atom. The second kappa shape index (κ2) is 10.7. The van der Waals surface area contributed by atoms with Crippen LogP contribution in [0.15, 0.2) is 54.6 Å². The van der Waals surface area contributed by atoms with Gasteiger partial charge in [0.1, 0.15) is 11.9 Å². The Bertz CT molecular complexity index is 652. The van der Waals surface area contributed by atoms with Gasteiger partial charge in [-0.2, -0.15) is 0 Å². The first-order chi connectivity index (χ1) is 11.6. The van der Waals surface area contributed by atoms with Crippen molar-refractivity contribution in [1.82, 2.24) is 5.32 Å². The maximum Gasteiger partial charge on any atom is 0.248 e. The zero-order valence-corrected chi connectivity index (χ0v) is 15.3. The van der Waals surface area contributed by atoms with Crippen LogP contribution in [-0.4, -0.2) is 25.7 Å². The van der Waals surface area contributed by atoms with Gasteiger partial charge in [-0.05, 0) is 30.2 Å². The average molecular weight is 365 g/mol. The van der Waals surface area contributed by atoms with Gasteiger partial charge in [-0.3, -0.25) is 4.79 Å². The number of nitrogens with one attached hydrogen (secondary N) is 1. The summed E-state index contributed by atoms with van der Waals surface area (Å²) in [5, 5.41) is 2.83. The zero-order chi connectivity index (χ0) is 17.4. The minimum absolute atomic E-state index is 0. The normalized spacial score (nSPS) is 12.6. The van der Waals surface area contributed by atoms with Gasteiger partial charge >= 0.3 is 0 Å². The largest absolute Gasteiger partial charge is 0.497 e. The molecule has 2 atom stereocenters. The van der Waals surface area contributed by atoms with Gasteiger partial charge in [0.25, 0.3) is 0 Å². The molecule has 0 spiro atoms. The molecule has 0 aliphatic carbocycles. The van der Waals surface area contributed by atoms with Crippen LogP contribution in [-0.2, 0) is 16.1 Å². The van der Waals surface area contributed by atoms with Crippen molar-refractivity contribution < 1.29 is 14.3 Å². The number of ether oxygens (including phenoxy) is 2. The smallest absolute Gasteiger partial charge is 0.248 e. The van der Waals surface area contributed by atoms with Crippen molar-refractivity contribution >= 4 is 18.3 Å². The zero-order valence-electron chi connectivity index (χ0n) is 14.5. The maximum atomic E-state index is 12.1. The maximum absolute atomic E-state index is 12.1. The SMILES string of the molecule is COc1cccc(COC(C)C(=O)NCC(N)c2ccccc2)c1.Cl. The van der Waals surface area contributed by atoms with Crippen LogP contribution in [0.4, 0.5) is 0 Å². The number of hydrogen-bond acceptors (Lipinski definition) is 4. The molecule has 0 aromatic heterocycles. The second-order valence-electron chi connectivity index (χ2n) is 5.57. The van der Waals surface area contributed by atoms with E-state index < -0.39 is 6.10 Å². The highest BCUT2D eigenvalue weighted by molar-refractivity contribution is 5.85. The number of methoxy groups -OCH3 is 1. The molecule has 0 heterocycles. The Morgan fingerprint density at radius 2 is 1.88 bits per heavy atom. The van der Waals surface area contributed by atoms with Crippen LogP contribution in [0.25, 0.3) is 0 Å². The molecule has 2 unspecified atom stereocenters. The monoisotopic (exact) mass is 364 g/mol. The fourth-order valence-corrected chi connectivity index (χ4v) is 2.23. The van der Waals surface area contributed by atoms with E-state index in [4.69, 9.17) is 15.2 Å². The summed E-state index contributed by atoms with van der Waals surface area (Å²) in [6.07, 6.45) is -0.556. The van der Waals surface area contributed by atoms with E-state index in [2.05, 4.69) is 5.32 Å². The van der Waals surface area contributed by atoms with E-state index in [1.165, 1.54) is 0 Å². The Kier molecular flexibility index (Phi) is 8.99. The lowest BCUT2D eigenvalue weighted by molar-refractivity contribution is -0.132. The minimum Gasteiger partial charge on any atom is -0.497 e. The third-order valence-corrected chi connectivity index (χ3v) is 3.73. The fraction of sp³-hybridized carbons (Fsp3) is 0.316. The van der Waals surface area contributed by atoms with Gasteiger partial charge in [-0.15, -0.1) is 12.4 Å². The number of carbonyl (C=O) groups excluding carboxylic acids is 1. The molecule has 3 N–H and O–H groups in total. The molecule has 0 saturated carbocycles. The van der Waals surface area contributed by atoms with E-state index in [9.17, 15) is 4.79 Å². The first-order valence-electron chi connectivity index (χ1n) is 7.93. The molecule has 0 aliphatic heterocycles. The molecule has 0 fully saturated rings. The topological polar surface area (TPSA) is 73.6 Å². The summed E-state index contributed by atoms with van der Waals surface area (Å²) >= 11 is 0. The van der Waals surface area contributed by atoms with Crippen LogP contribution in [0.5, 0.6) is 5.75 Å². The summed E-state index contributed by atoms with van der Waals surface area (Å²) in [6, 6.07) is 17.0. The molecular formula is C19H25ClN2O3. The second-order valence-corrected chi connectivity index (χ2v) is 5.57. The van der Waals surface area contributed by atoms with Crippen LogP contribution < -0.4 is 15.8 Å². The van der Waals surface area contributed by atoms with Gasteiger partial charge in [-0.1, -0.05) is 42.5 Å². The summed E-state index contributed by atoms with van der Waals surface area (Å²) in [4.78, 5) is 12.1. The molecule has 0 aliphatic rings. The standard InChI is InChI=1S/C19H24N2O3.ClH/c1-14(24-13-15-7-6-10-17(11-15)23-2)19(22)21-12-18(20)16-8-4-3-5-9-16;/h3-11,14,18H,12-13,20H2,1-2H3,(H,21,22);1H. The quantitative estimate of drug-likeness (QED) is 0.755. The highest BCUT2D eigenvalue weighted by Crippen LogP contribution is 2.14. The molecule has 136 valence electrons. The van der Waals surface area contributed by atoms with Gasteiger partial charge in [0.2, 0.25) is 5.91 Å². The molecule has 2 rings (SSSR count). The van der Waals surface area contributed by atoms with Crippen molar-refractivity contribution in [1.29, 1.82) is 0 Å². The van der Waals surface area contributed by atoms with Crippen molar-refractivity contribution in [3.8, 4) is 5.75 Å². The Labute approximate surface area is 154 Å². The summed E-state index contributed by atoms with van der Waals surface area (Å²) in [5.74, 6) is 0.589. The Hall–Kier alpha value is -2.08. The predicted molar refractivity (Wildman–Crippen MR) is 101 cm³/mol. The number of carbonyl (C=O) groups is 1. The molecule has 0 saturated heterocycles. The lowest BCUT2D eigenvalue weighted by Crippen LogP contribution is -2.38. The highest BCUT2D eigenvalue weighted by Gasteiger charge is 2.15. The third kappa shape index (κ3) is 6.74. The number of hydrogen-bond donors (Lipinski definition) is 2. The molecule has 2 aromatic carbocycles. The Balaban J connectivity index is 0.00000312. The summed E-state index contributed by atoms with van der Waals surface area (Å²) in [5.41, 5.74) is 8.01. The van der Waals surface area contributed by atoms with Gasteiger partial charge in [0, 0.05) is 12.6 Å². The van der Waals surface area contributed by atoms with Crippen LogP contribution in [0.3, 0.4) is 0 Å². The molecule has 25 heavy (non-hydrogen) atoms. The molecule has 0 bridgehead atoms. The van der Waals surface area contributed by atoms with Crippen molar-refractivity contribution in [3.05, 3.63) is 65.7 Å². The highest BCUT2D eigenvalue weighted by atomic mass is 35.5. The first kappa shape index (κ1) is 21.0. The lowest BCUT2D eigenvalue weighted by Gasteiger charge is -2.17. The lowest BCUT2D eigenvalue weighted by atomic mass is 10.1. The third-order valence-electron chi connectivity index (χ3n) is 3.73. The fourth-order valence-electron chi connectivity index (χ4n) is 2.23. The molecule has 5 nitrogen and oxygen atoms in total. The van der Waals surface area contributed by atoms with E-state index in [1.54, 1.807) is 14.0 Å². The molecular weight excluding hydrogens is 340 g/mol. The van der Waals surface area contributed by atoms with Gasteiger partial charge in [0.05, 0.1) is 13.7 Å². The predicted octanol–water partition coefficient (Wildman–Crippen LogP) is 2.84. The van der Waals surface area contributed by atoms with E-state index >= 15 is 0 Å². The number of benzene rings is 2. The molecule has 1 amide bonds. The number of nitrogens with two attached hydrogens (primary N) is 1. The summed E-state index contributed by atoms with van der Waals surface area (Å²) < 4.78 is 10.8. The van der Waals surface area contributed by atoms with Crippen molar-refractivity contribution in [3.63, 3.8) is 0 Å². The van der Waals surface area contributed by atoms with Crippen LogP contribution in [0.2, 0.25) is 0 Å². The first-order valence-corrected chi connectivity index (χ1v) is 7.93. The van der Waals surface area contributed by atoms with Crippen molar-refractivity contribution in [2.24, 2.45) is 5.73 Å². The van der Waals surface area contributed by atoms with Crippen LogP contribution in [0, 0.1) is 0 Å². The summed E-state index contributed by atoms with van der Waals surface area (Å²) in [7, 11) is 1.62. The Morgan fingerprint density at radius 3 is 2.56 bits per heavy atom. The van der Waals surface area contributed by atoms with Gasteiger partial charge < -0.3 is 20.5 Å². The average Bonchev–Trinajstić information content (AvgIpc) is 2.64. The number of halogens is 1. The van der Waals surface area contributed by atoms with Crippen LogP contribution in [0.1, 0.15) is 24.1 Å². The molecule has 6 heteroatoms. The minimum atomic E-state index is -0.556. The van der Waals surface area contributed by atoms with Crippen molar-refractivity contribution in [2.45, 2.75) is 25.7 Å².